The molecule has 0 saturated carbocycles. The first-order valence-corrected chi connectivity index (χ1v) is 11.8. The molecule has 2 nitrogen and oxygen atoms in total. The van der Waals surface area contributed by atoms with Crippen LogP contribution >= 0.6 is 11.8 Å². The molecule has 1 atom stereocenters. The lowest BCUT2D eigenvalue weighted by molar-refractivity contribution is 0.605. The number of para-hydroxylation sites is 1. The van der Waals surface area contributed by atoms with Crippen molar-refractivity contribution in [2.24, 2.45) is 4.99 Å². The Morgan fingerprint density at radius 1 is 0.750 bits per heavy atom. The number of fused-ring (bicyclic) bond motifs is 3. The van der Waals surface area contributed by atoms with Crippen LogP contribution in [0.3, 0.4) is 0 Å². The smallest absolute Gasteiger partial charge is 0.145 e. The molecule has 0 amide bonds. The minimum absolute atomic E-state index is 0.0505. The van der Waals surface area contributed by atoms with Gasteiger partial charge in [-0.25, -0.2) is 0 Å². The van der Waals surface area contributed by atoms with E-state index in [1.807, 2.05) is 17.8 Å². The van der Waals surface area contributed by atoms with E-state index in [9.17, 15) is 0 Å². The van der Waals surface area contributed by atoms with Crippen LogP contribution in [-0.2, 0) is 5.41 Å². The Bertz CT molecular complexity index is 1450. The maximum atomic E-state index is 5.00. The minimum Gasteiger partial charge on any atom is -0.359 e. The zero-order chi connectivity index (χ0) is 21.7. The SMILES string of the molecule is CC1(C)c2ccccc2Sc2ccc(C3=c4ccccc4=NC(c4ccccc4)N3)cc21. The fourth-order valence-electron chi connectivity index (χ4n) is 4.81. The predicted octanol–water partition coefficient (Wildman–Crippen LogP) is 5.56. The Morgan fingerprint density at radius 2 is 1.47 bits per heavy atom. The summed E-state index contributed by atoms with van der Waals surface area (Å²) >= 11 is 1.87. The summed E-state index contributed by atoms with van der Waals surface area (Å²) in [7, 11) is 0. The molecule has 0 spiro atoms. The predicted molar refractivity (Wildman–Crippen MR) is 131 cm³/mol. The van der Waals surface area contributed by atoms with Crippen molar-refractivity contribution >= 4 is 17.5 Å². The van der Waals surface area contributed by atoms with Crippen LogP contribution in [0.4, 0.5) is 0 Å². The van der Waals surface area contributed by atoms with Gasteiger partial charge in [0.25, 0.3) is 0 Å². The lowest BCUT2D eigenvalue weighted by Crippen LogP contribution is -2.39. The largest absolute Gasteiger partial charge is 0.359 e. The van der Waals surface area contributed by atoms with E-state index in [0.29, 0.717) is 0 Å². The van der Waals surface area contributed by atoms with Gasteiger partial charge in [0.15, 0.2) is 0 Å². The number of hydrogen-bond acceptors (Lipinski definition) is 3. The molecule has 1 N–H and O–H groups in total. The summed E-state index contributed by atoms with van der Waals surface area (Å²) in [6, 6.07) is 34.6. The molecule has 0 fully saturated rings. The molecule has 2 heterocycles. The topological polar surface area (TPSA) is 24.4 Å². The third-order valence-corrected chi connectivity index (χ3v) is 7.71. The lowest BCUT2D eigenvalue weighted by atomic mass is 9.77. The van der Waals surface area contributed by atoms with Gasteiger partial charge < -0.3 is 5.32 Å². The highest BCUT2D eigenvalue weighted by atomic mass is 32.2. The summed E-state index contributed by atoms with van der Waals surface area (Å²) in [4.78, 5) is 7.70. The van der Waals surface area contributed by atoms with Gasteiger partial charge in [-0.05, 0) is 46.5 Å². The van der Waals surface area contributed by atoms with Crippen LogP contribution in [0, 0.1) is 0 Å². The Morgan fingerprint density at radius 3 is 2.34 bits per heavy atom. The van der Waals surface area contributed by atoms with Gasteiger partial charge in [-0.1, -0.05) is 98.4 Å². The van der Waals surface area contributed by atoms with Crippen molar-refractivity contribution in [3.8, 4) is 0 Å². The molecule has 0 bridgehead atoms. The van der Waals surface area contributed by atoms with Gasteiger partial charge in [0.2, 0.25) is 0 Å². The lowest BCUT2D eigenvalue weighted by Gasteiger charge is -2.35. The molecule has 3 heteroatoms. The van der Waals surface area contributed by atoms with Crippen molar-refractivity contribution in [3.05, 3.63) is 130 Å². The van der Waals surface area contributed by atoms with Crippen molar-refractivity contribution in [3.63, 3.8) is 0 Å². The van der Waals surface area contributed by atoms with Crippen molar-refractivity contribution in [1.82, 2.24) is 5.32 Å². The average Bonchev–Trinajstić information content (AvgIpc) is 2.84. The number of nitrogens with one attached hydrogen (secondary N) is 1. The highest BCUT2D eigenvalue weighted by molar-refractivity contribution is 7.99. The van der Waals surface area contributed by atoms with E-state index in [1.54, 1.807) is 0 Å². The van der Waals surface area contributed by atoms with Gasteiger partial charge in [0.1, 0.15) is 6.17 Å². The van der Waals surface area contributed by atoms with E-state index < -0.39 is 0 Å². The third-order valence-electron chi connectivity index (χ3n) is 6.56. The average molecular weight is 433 g/mol. The van der Waals surface area contributed by atoms with E-state index in [2.05, 4.69) is 110 Å². The summed E-state index contributed by atoms with van der Waals surface area (Å²) in [5.74, 6) is 0. The summed E-state index contributed by atoms with van der Waals surface area (Å²) in [6.07, 6.45) is -0.0970. The van der Waals surface area contributed by atoms with Crippen molar-refractivity contribution in [2.45, 2.75) is 35.2 Å². The molecule has 32 heavy (non-hydrogen) atoms. The van der Waals surface area contributed by atoms with Crippen LogP contribution in [0.2, 0.25) is 0 Å². The normalized spacial score (nSPS) is 17.9. The zero-order valence-electron chi connectivity index (χ0n) is 18.2. The van der Waals surface area contributed by atoms with Gasteiger partial charge >= 0.3 is 0 Å². The van der Waals surface area contributed by atoms with Crippen LogP contribution in [0.5, 0.6) is 0 Å². The quantitative estimate of drug-likeness (QED) is 0.449. The van der Waals surface area contributed by atoms with Crippen molar-refractivity contribution < 1.29 is 0 Å². The zero-order valence-corrected chi connectivity index (χ0v) is 19.0. The maximum Gasteiger partial charge on any atom is 0.145 e. The minimum atomic E-state index is -0.0970. The fourth-order valence-corrected chi connectivity index (χ4v) is 6.19. The first kappa shape index (κ1) is 19.4. The van der Waals surface area contributed by atoms with Crippen LogP contribution in [-0.4, -0.2) is 0 Å². The standard InChI is InChI=1S/C29H24N2S/c1-29(2)22-13-7-9-15-25(22)32-26-17-16-20(18-23(26)29)27-21-12-6-8-14-24(21)30-28(31-27)19-10-4-3-5-11-19/h3-18,28,31H,1-2H3. The van der Waals surface area contributed by atoms with E-state index >= 15 is 0 Å². The second kappa shape index (κ2) is 7.39. The number of rotatable bonds is 2. The molecule has 0 radical (unpaired) electrons. The molecule has 6 rings (SSSR count). The van der Waals surface area contributed by atoms with Gasteiger partial charge in [-0.3, -0.25) is 4.99 Å². The highest BCUT2D eigenvalue weighted by Crippen LogP contribution is 2.49. The van der Waals surface area contributed by atoms with Crippen LogP contribution < -0.4 is 15.9 Å². The molecular formula is C29H24N2S. The molecular weight excluding hydrogens is 408 g/mol. The molecule has 0 saturated heterocycles. The molecule has 0 aliphatic carbocycles. The summed E-state index contributed by atoms with van der Waals surface area (Å²) < 4.78 is 0. The maximum absolute atomic E-state index is 5.00. The van der Waals surface area contributed by atoms with E-state index in [-0.39, 0.29) is 11.6 Å². The van der Waals surface area contributed by atoms with E-state index in [1.165, 1.54) is 32.0 Å². The Balaban J connectivity index is 1.52. The van der Waals surface area contributed by atoms with E-state index in [0.717, 1.165) is 16.3 Å². The first-order valence-electron chi connectivity index (χ1n) is 11.0. The molecule has 2 aliphatic heterocycles. The number of nitrogens with zero attached hydrogens (tertiary/aromatic N) is 1. The van der Waals surface area contributed by atoms with Crippen LogP contribution in [0.25, 0.3) is 5.70 Å². The van der Waals surface area contributed by atoms with Gasteiger partial charge in [-0.15, -0.1) is 0 Å². The second-order valence-electron chi connectivity index (χ2n) is 8.91. The number of hydrogen-bond donors (Lipinski definition) is 1. The van der Waals surface area contributed by atoms with Gasteiger partial charge in [-0.2, -0.15) is 0 Å². The Kier molecular flexibility index (Phi) is 4.48. The van der Waals surface area contributed by atoms with E-state index in [4.69, 9.17) is 4.99 Å². The third kappa shape index (κ3) is 3.08. The Hall–Kier alpha value is -3.30. The first-order chi connectivity index (χ1) is 15.6. The molecule has 4 aromatic carbocycles. The highest BCUT2D eigenvalue weighted by Gasteiger charge is 2.33. The summed E-state index contributed by atoms with van der Waals surface area (Å²) in [5, 5.41) is 5.93. The molecule has 1 unspecified atom stereocenters. The van der Waals surface area contributed by atoms with Crippen LogP contribution in [0.15, 0.2) is 112 Å². The summed E-state index contributed by atoms with van der Waals surface area (Å²) in [5.41, 5.74) is 6.25. The van der Waals surface area contributed by atoms with Gasteiger partial charge in [0, 0.05) is 20.4 Å². The molecule has 2 aliphatic rings. The van der Waals surface area contributed by atoms with Crippen molar-refractivity contribution in [2.75, 3.05) is 0 Å². The number of benzene rings is 4. The van der Waals surface area contributed by atoms with Crippen molar-refractivity contribution in [1.29, 1.82) is 0 Å². The van der Waals surface area contributed by atoms with Gasteiger partial charge in [0.05, 0.1) is 11.1 Å². The second-order valence-corrected chi connectivity index (χ2v) is 10.00. The summed E-state index contributed by atoms with van der Waals surface area (Å²) in [6.45, 7) is 4.67. The Labute approximate surface area is 192 Å². The molecule has 4 aromatic rings. The molecule has 156 valence electrons. The fraction of sp³-hybridized carbons (Fsp3) is 0.138. The van der Waals surface area contributed by atoms with Crippen LogP contribution in [0.1, 0.15) is 42.3 Å². The monoisotopic (exact) mass is 432 g/mol. The molecule has 0 aromatic heterocycles.